The molecule has 2 amide bonds. The van der Waals surface area contributed by atoms with Crippen molar-refractivity contribution >= 4 is 17.4 Å². The fourth-order valence-electron chi connectivity index (χ4n) is 2.06. The Hall–Kier alpha value is -2.15. The van der Waals surface area contributed by atoms with Crippen LogP contribution in [0.5, 0.6) is 11.5 Å². The minimum Gasteiger partial charge on any atom is -0.454 e. The van der Waals surface area contributed by atoms with Gasteiger partial charge in [-0.1, -0.05) is 0 Å². The molecule has 0 bridgehead atoms. The predicted octanol–water partition coefficient (Wildman–Crippen LogP) is 0.908. The van der Waals surface area contributed by atoms with Gasteiger partial charge >= 0.3 is 6.03 Å². The average molecular weight is 265 g/mol. The van der Waals surface area contributed by atoms with E-state index in [1.54, 1.807) is 12.1 Å². The largest absolute Gasteiger partial charge is 0.454 e. The first-order valence-corrected chi connectivity index (χ1v) is 6.07. The lowest BCUT2D eigenvalue weighted by Gasteiger charge is -2.13. The molecule has 2 aliphatic heterocycles. The number of anilines is 2. The van der Waals surface area contributed by atoms with Gasteiger partial charge in [0.25, 0.3) is 0 Å². The number of benzene rings is 1. The summed E-state index contributed by atoms with van der Waals surface area (Å²) in [5.74, 6) is 1.17. The van der Waals surface area contributed by atoms with Crippen LogP contribution in [0.2, 0.25) is 0 Å². The van der Waals surface area contributed by atoms with E-state index in [1.165, 1.54) is 0 Å². The lowest BCUT2D eigenvalue weighted by Crippen LogP contribution is -2.38. The molecule has 0 aromatic heterocycles. The zero-order valence-electron chi connectivity index (χ0n) is 10.3. The van der Waals surface area contributed by atoms with Crippen molar-refractivity contribution < 1.29 is 19.0 Å². The Morgan fingerprint density at radius 2 is 2.11 bits per heavy atom. The van der Waals surface area contributed by atoms with Crippen LogP contribution in [0.15, 0.2) is 12.1 Å². The first-order valence-electron chi connectivity index (χ1n) is 6.07. The van der Waals surface area contributed by atoms with Gasteiger partial charge in [0.1, 0.15) is 0 Å². The molecular weight excluding hydrogens is 250 g/mol. The molecule has 19 heavy (non-hydrogen) atoms. The van der Waals surface area contributed by atoms with Gasteiger partial charge in [0, 0.05) is 18.7 Å². The lowest BCUT2D eigenvalue weighted by molar-refractivity contribution is 0.174. The highest BCUT2D eigenvalue weighted by Gasteiger charge is 2.20. The maximum absolute atomic E-state index is 11.8. The summed E-state index contributed by atoms with van der Waals surface area (Å²) in [5, 5.41) is 5.52. The number of carbonyl (C=O) groups excluding carboxylic acids is 1. The highest BCUT2D eigenvalue weighted by Crippen LogP contribution is 2.38. The van der Waals surface area contributed by atoms with Crippen LogP contribution < -0.4 is 25.8 Å². The molecule has 102 valence electrons. The maximum atomic E-state index is 11.8. The molecule has 2 heterocycles. The third-order valence-corrected chi connectivity index (χ3v) is 3.06. The second-order valence-corrected chi connectivity index (χ2v) is 4.45. The number of nitrogen functional groups attached to an aromatic ring is 1. The molecule has 1 atom stereocenters. The molecule has 4 N–H and O–H groups in total. The number of nitrogens with two attached hydrogens (primary N) is 1. The van der Waals surface area contributed by atoms with Crippen molar-refractivity contribution in [2.75, 3.05) is 31.1 Å². The van der Waals surface area contributed by atoms with Gasteiger partial charge in [0.15, 0.2) is 11.5 Å². The third kappa shape index (κ3) is 2.50. The first kappa shape index (κ1) is 11.9. The summed E-state index contributed by atoms with van der Waals surface area (Å²) in [6, 6.07) is 3.04. The number of fused-ring (bicyclic) bond motifs is 1. The van der Waals surface area contributed by atoms with Crippen molar-refractivity contribution in [3.63, 3.8) is 0 Å². The topological polar surface area (TPSA) is 94.8 Å². The molecule has 7 nitrogen and oxygen atoms in total. The highest BCUT2D eigenvalue weighted by atomic mass is 16.7. The van der Waals surface area contributed by atoms with E-state index < -0.39 is 0 Å². The summed E-state index contributed by atoms with van der Waals surface area (Å²) in [7, 11) is 0. The summed E-state index contributed by atoms with van der Waals surface area (Å²) in [6.45, 7) is 1.39. The zero-order valence-corrected chi connectivity index (χ0v) is 10.3. The smallest absolute Gasteiger partial charge is 0.319 e. The molecule has 0 aliphatic carbocycles. The number of amides is 2. The van der Waals surface area contributed by atoms with Crippen LogP contribution in [0.3, 0.4) is 0 Å². The van der Waals surface area contributed by atoms with Crippen molar-refractivity contribution in [1.82, 2.24) is 5.32 Å². The van der Waals surface area contributed by atoms with E-state index in [0.29, 0.717) is 36.1 Å². The monoisotopic (exact) mass is 265 g/mol. The lowest BCUT2D eigenvalue weighted by atomic mass is 10.2. The third-order valence-electron chi connectivity index (χ3n) is 3.06. The zero-order chi connectivity index (χ0) is 13.2. The Balaban J connectivity index is 1.67. The molecule has 0 radical (unpaired) electrons. The second-order valence-electron chi connectivity index (χ2n) is 4.45. The Bertz CT molecular complexity index is 500. The van der Waals surface area contributed by atoms with Crippen molar-refractivity contribution in [1.29, 1.82) is 0 Å². The normalized spacial score (nSPS) is 20.3. The van der Waals surface area contributed by atoms with Crippen LogP contribution in [0.4, 0.5) is 16.2 Å². The highest BCUT2D eigenvalue weighted by molar-refractivity contribution is 5.93. The Labute approximate surface area is 110 Å². The van der Waals surface area contributed by atoms with Crippen LogP contribution >= 0.6 is 0 Å². The Kier molecular flexibility index (Phi) is 3.04. The van der Waals surface area contributed by atoms with E-state index >= 15 is 0 Å². The van der Waals surface area contributed by atoms with Gasteiger partial charge in [-0.15, -0.1) is 0 Å². The quantitative estimate of drug-likeness (QED) is 0.691. The molecule has 0 saturated carbocycles. The summed E-state index contributed by atoms with van der Waals surface area (Å²) in [4.78, 5) is 11.8. The van der Waals surface area contributed by atoms with Gasteiger partial charge in [-0.3, -0.25) is 0 Å². The second kappa shape index (κ2) is 4.85. The van der Waals surface area contributed by atoms with Gasteiger partial charge in [0.2, 0.25) is 6.79 Å². The summed E-state index contributed by atoms with van der Waals surface area (Å²) in [5.41, 5.74) is 6.78. The Morgan fingerprint density at radius 3 is 2.84 bits per heavy atom. The van der Waals surface area contributed by atoms with Crippen molar-refractivity contribution in [3.05, 3.63) is 12.1 Å². The fraction of sp³-hybridized carbons (Fsp3) is 0.417. The number of carbonyl (C=O) groups is 1. The van der Waals surface area contributed by atoms with Gasteiger partial charge in [-0.2, -0.15) is 0 Å². The number of urea groups is 1. The van der Waals surface area contributed by atoms with Crippen LogP contribution in [-0.4, -0.2) is 32.1 Å². The fourth-order valence-corrected chi connectivity index (χ4v) is 2.06. The van der Waals surface area contributed by atoms with E-state index in [4.69, 9.17) is 19.9 Å². The number of ether oxygens (including phenoxy) is 3. The number of nitrogens with one attached hydrogen (secondary N) is 2. The molecule has 3 rings (SSSR count). The molecule has 2 aliphatic rings. The van der Waals surface area contributed by atoms with Crippen LogP contribution in [0.25, 0.3) is 0 Å². The molecular formula is C12H15N3O4. The minimum absolute atomic E-state index is 0.0511. The van der Waals surface area contributed by atoms with E-state index in [0.717, 1.165) is 6.42 Å². The van der Waals surface area contributed by atoms with Crippen LogP contribution in [0.1, 0.15) is 6.42 Å². The van der Waals surface area contributed by atoms with E-state index in [-0.39, 0.29) is 18.9 Å². The SMILES string of the molecule is Nc1cc2c(cc1NC(=O)NC1CCOC1)OCO2. The standard InChI is InChI=1S/C12H15N3O4/c13-8-3-10-11(19-6-18-10)4-9(8)15-12(16)14-7-1-2-17-5-7/h3-4,7H,1-2,5-6,13H2,(H2,14,15,16). The van der Waals surface area contributed by atoms with Crippen molar-refractivity contribution in [2.24, 2.45) is 0 Å². The molecule has 1 fully saturated rings. The van der Waals surface area contributed by atoms with Gasteiger partial charge in [-0.05, 0) is 6.42 Å². The van der Waals surface area contributed by atoms with Gasteiger partial charge < -0.3 is 30.6 Å². The molecule has 1 saturated heterocycles. The van der Waals surface area contributed by atoms with E-state index in [2.05, 4.69) is 10.6 Å². The van der Waals surface area contributed by atoms with E-state index in [1.807, 2.05) is 0 Å². The van der Waals surface area contributed by atoms with Crippen molar-refractivity contribution in [2.45, 2.75) is 12.5 Å². The summed E-state index contributed by atoms with van der Waals surface area (Å²) < 4.78 is 15.6. The minimum atomic E-state index is -0.305. The molecule has 1 aromatic rings. The van der Waals surface area contributed by atoms with Gasteiger partial charge in [0.05, 0.1) is 24.0 Å². The summed E-state index contributed by atoms with van der Waals surface area (Å²) in [6.07, 6.45) is 0.823. The average Bonchev–Trinajstić information content (AvgIpc) is 3.00. The van der Waals surface area contributed by atoms with Crippen molar-refractivity contribution in [3.8, 4) is 11.5 Å². The Morgan fingerprint density at radius 1 is 1.32 bits per heavy atom. The molecule has 7 heteroatoms. The van der Waals surface area contributed by atoms with Crippen LogP contribution in [0, 0.1) is 0 Å². The summed E-state index contributed by atoms with van der Waals surface area (Å²) >= 11 is 0. The van der Waals surface area contributed by atoms with Crippen LogP contribution in [-0.2, 0) is 4.74 Å². The molecule has 0 spiro atoms. The number of hydrogen-bond acceptors (Lipinski definition) is 5. The predicted molar refractivity (Wildman–Crippen MR) is 68.4 cm³/mol. The first-order chi connectivity index (χ1) is 9.22. The van der Waals surface area contributed by atoms with Gasteiger partial charge in [-0.25, -0.2) is 4.79 Å². The molecule has 1 aromatic carbocycles. The van der Waals surface area contributed by atoms with E-state index in [9.17, 15) is 4.79 Å². The number of hydrogen-bond donors (Lipinski definition) is 3. The molecule has 1 unspecified atom stereocenters. The maximum Gasteiger partial charge on any atom is 0.319 e. The number of rotatable bonds is 2.